The van der Waals surface area contributed by atoms with Gasteiger partial charge < -0.3 is 19.5 Å². The summed E-state index contributed by atoms with van der Waals surface area (Å²) in [5, 5.41) is 13.2. The number of aliphatic hydroxyl groups is 1. The Kier molecular flexibility index (Phi) is 7.05. The fraction of sp³-hybridized carbons (Fsp3) is 0.345. The first-order valence-corrected chi connectivity index (χ1v) is 12.1. The average molecular weight is 458 g/mol. The Morgan fingerprint density at radius 2 is 1.76 bits per heavy atom. The lowest BCUT2D eigenvalue weighted by atomic mass is 9.88. The summed E-state index contributed by atoms with van der Waals surface area (Å²) >= 11 is 0. The minimum Gasteiger partial charge on any atom is -0.490 e. The molecule has 0 saturated carbocycles. The molecule has 0 aliphatic carbocycles. The number of aliphatic hydroxyl groups excluding tert-OH is 1. The molecule has 2 heterocycles. The minimum atomic E-state index is -0.575. The first kappa shape index (κ1) is 22.8. The van der Waals surface area contributed by atoms with E-state index >= 15 is 0 Å². The largest absolute Gasteiger partial charge is 0.490 e. The SMILES string of the molecule is O=C1COCC1=Cc1ccccc1OC[C@@H](O)CN1CCC(c2ccc3ccccc3c2)CC1. The van der Waals surface area contributed by atoms with Gasteiger partial charge in [-0.15, -0.1) is 0 Å². The zero-order valence-electron chi connectivity index (χ0n) is 19.4. The Balaban J connectivity index is 1.12. The van der Waals surface area contributed by atoms with Gasteiger partial charge in [-0.3, -0.25) is 4.79 Å². The zero-order chi connectivity index (χ0) is 23.3. The van der Waals surface area contributed by atoms with Crippen molar-refractivity contribution in [2.45, 2.75) is 24.9 Å². The maximum absolute atomic E-state index is 11.9. The molecule has 5 rings (SSSR count). The summed E-state index contributed by atoms with van der Waals surface area (Å²) in [6.07, 6.45) is 3.44. The first-order chi connectivity index (χ1) is 16.7. The summed E-state index contributed by atoms with van der Waals surface area (Å²) in [4.78, 5) is 14.2. The van der Waals surface area contributed by atoms with Crippen LogP contribution in [0.4, 0.5) is 0 Å². The molecule has 2 aliphatic rings. The number of β-amino-alcohol motifs (C(OH)–C–C–N with tert-alkyl or cyclic N) is 1. The van der Waals surface area contributed by atoms with Crippen LogP contribution < -0.4 is 4.74 Å². The molecule has 1 N–H and O–H groups in total. The van der Waals surface area contributed by atoms with Crippen molar-refractivity contribution in [3.05, 3.63) is 83.4 Å². The van der Waals surface area contributed by atoms with Crippen LogP contribution in [0.2, 0.25) is 0 Å². The van der Waals surface area contributed by atoms with Crippen molar-refractivity contribution in [1.82, 2.24) is 4.90 Å². The van der Waals surface area contributed by atoms with Crippen LogP contribution in [0.3, 0.4) is 0 Å². The highest BCUT2D eigenvalue weighted by atomic mass is 16.5. The van der Waals surface area contributed by atoms with Crippen LogP contribution in [-0.2, 0) is 9.53 Å². The number of hydrogen-bond acceptors (Lipinski definition) is 5. The molecule has 0 amide bonds. The molecule has 5 heteroatoms. The molecule has 2 fully saturated rings. The molecule has 2 saturated heterocycles. The topological polar surface area (TPSA) is 59.0 Å². The molecule has 5 nitrogen and oxygen atoms in total. The van der Waals surface area contributed by atoms with Gasteiger partial charge in [0.05, 0.1) is 6.61 Å². The molecule has 0 aromatic heterocycles. The number of piperidine rings is 1. The number of Topliss-reactive ketones (excluding diaryl/α,β-unsaturated/α-hetero) is 1. The molecule has 2 aliphatic heterocycles. The third-order valence-electron chi connectivity index (χ3n) is 6.83. The monoisotopic (exact) mass is 457 g/mol. The van der Waals surface area contributed by atoms with E-state index in [-0.39, 0.29) is 19.0 Å². The van der Waals surface area contributed by atoms with E-state index in [4.69, 9.17) is 9.47 Å². The van der Waals surface area contributed by atoms with Crippen molar-refractivity contribution in [2.24, 2.45) is 0 Å². The van der Waals surface area contributed by atoms with E-state index in [1.807, 2.05) is 30.3 Å². The minimum absolute atomic E-state index is 0.0157. The predicted molar refractivity (Wildman–Crippen MR) is 134 cm³/mol. The highest BCUT2D eigenvalue weighted by Crippen LogP contribution is 2.30. The smallest absolute Gasteiger partial charge is 0.186 e. The number of nitrogens with zero attached hydrogens (tertiary/aromatic N) is 1. The second kappa shape index (κ2) is 10.5. The number of ketones is 1. The Bertz CT molecular complexity index is 1180. The van der Waals surface area contributed by atoms with E-state index in [0.29, 0.717) is 30.4 Å². The molecular formula is C29H31NO4. The number of benzene rings is 3. The van der Waals surface area contributed by atoms with E-state index in [0.717, 1.165) is 31.5 Å². The molecular weight excluding hydrogens is 426 g/mol. The molecule has 3 aromatic rings. The summed E-state index contributed by atoms with van der Waals surface area (Å²) in [6.45, 7) is 3.24. The van der Waals surface area contributed by atoms with E-state index in [9.17, 15) is 9.90 Å². The molecule has 0 unspecified atom stereocenters. The number of rotatable bonds is 7. The van der Waals surface area contributed by atoms with Gasteiger partial charge in [0.15, 0.2) is 5.78 Å². The molecule has 1 atom stereocenters. The van der Waals surface area contributed by atoms with Crippen molar-refractivity contribution in [3.63, 3.8) is 0 Å². The molecule has 34 heavy (non-hydrogen) atoms. The third kappa shape index (κ3) is 5.39. The third-order valence-corrected chi connectivity index (χ3v) is 6.83. The van der Waals surface area contributed by atoms with Gasteiger partial charge in [0.1, 0.15) is 25.1 Å². The van der Waals surface area contributed by atoms with Crippen LogP contribution in [0.15, 0.2) is 72.3 Å². The van der Waals surface area contributed by atoms with Crippen molar-refractivity contribution in [2.75, 3.05) is 39.5 Å². The van der Waals surface area contributed by atoms with Gasteiger partial charge in [-0.1, -0.05) is 60.7 Å². The summed E-state index contributed by atoms with van der Waals surface area (Å²) in [5.41, 5.74) is 2.91. The number of para-hydroxylation sites is 1. The van der Waals surface area contributed by atoms with Gasteiger partial charge in [0.25, 0.3) is 0 Å². The summed E-state index contributed by atoms with van der Waals surface area (Å²) in [6, 6.07) is 22.9. The summed E-state index contributed by atoms with van der Waals surface area (Å²) < 4.78 is 11.2. The molecule has 3 aromatic carbocycles. The van der Waals surface area contributed by atoms with Crippen LogP contribution >= 0.6 is 0 Å². The molecule has 176 valence electrons. The van der Waals surface area contributed by atoms with Gasteiger partial charge in [-0.2, -0.15) is 0 Å². The van der Waals surface area contributed by atoms with Gasteiger partial charge in [0.2, 0.25) is 0 Å². The molecule has 0 spiro atoms. The fourth-order valence-electron chi connectivity index (χ4n) is 4.92. The number of carbonyl (C=O) groups is 1. The van der Waals surface area contributed by atoms with E-state index in [1.54, 1.807) is 0 Å². The second-order valence-electron chi connectivity index (χ2n) is 9.27. The van der Waals surface area contributed by atoms with Gasteiger partial charge in [-0.25, -0.2) is 0 Å². The maximum atomic E-state index is 11.9. The zero-order valence-corrected chi connectivity index (χ0v) is 19.4. The van der Waals surface area contributed by atoms with Crippen molar-refractivity contribution in [3.8, 4) is 5.75 Å². The normalized spacial score (nSPS) is 19.7. The Labute approximate surface area is 200 Å². The Morgan fingerprint density at radius 3 is 2.56 bits per heavy atom. The van der Waals surface area contributed by atoms with Crippen LogP contribution in [0, 0.1) is 0 Å². The number of likely N-dealkylation sites (tertiary alicyclic amines) is 1. The molecule has 0 bridgehead atoms. The number of carbonyl (C=O) groups excluding carboxylic acids is 1. The van der Waals surface area contributed by atoms with Gasteiger partial charge in [0, 0.05) is 17.7 Å². The maximum Gasteiger partial charge on any atom is 0.186 e. The first-order valence-electron chi connectivity index (χ1n) is 12.1. The second-order valence-corrected chi connectivity index (χ2v) is 9.27. The lowest BCUT2D eigenvalue weighted by Gasteiger charge is -2.33. The quantitative estimate of drug-likeness (QED) is 0.532. The predicted octanol–water partition coefficient (Wildman–Crippen LogP) is 4.44. The average Bonchev–Trinajstić information content (AvgIpc) is 3.28. The van der Waals surface area contributed by atoms with E-state index < -0.39 is 6.10 Å². The van der Waals surface area contributed by atoms with E-state index in [1.165, 1.54) is 16.3 Å². The van der Waals surface area contributed by atoms with Crippen LogP contribution in [-0.4, -0.2) is 61.3 Å². The van der Waals surface area contributed by atoms with Crippen molar-refractivity contribution >= 4 is 22.6 Å². The molecule has 0 radical (unpaired) electrons. The Morgan fingerprint density at radius 1 is 1.00 bits per heavy atom. The summed E-state index contributed by atoms with van der Waals surface area (Å²) in [7, 11) is 0. The van der Waals surface area contributed by atoms with Crippen LogP contribution in [0.5, 0.6) is 5.75 Å². The van der Waals surface area contributed by atoms with Crippen molar-refractivity contribution in [1.29, 1.82) is 0 Å². The Hall–Kier alpha value is -2.99. The fourth-order valence-corrected chi connectivity index (χ4v) is 4.92. The highest BCUT2D eigenvalue weighted by Gasteiger charge is 2.23. The van der Waals surface area contributed by atoms with Crippen LogP contribution in [0.1, 0.15) is 29.9 Å². The van der Waals surface area contributed by atoms with Gasteiger partial charge >= 0.3 is 0 Å². The lowest BCUT2D eigenvalue weighted by Crippen LogP contribution is -2.40. The van der Waals surface area contributed by atoms with Gasteiger partial charge in [-0.05, 0) is 60.3 Å². The highest BCUT2D eigenvalue weighted by molar-refractivity contribution is 6.02. The van der Waals surface area contributed by atoms with E-state index in [2.05, 4.69) is 47.4 Å². The standard InChI is InChI=1S/C29H31NO4/c31-27(19-34-29-8-4-3-7-25(29)16-26-18-33-20-28(26)32)17-30-13-11-22(12-14-30)24-10-9-21-5-1-2-6-23(21)15-24/h1-10,15-16,22,27,31H,11-14,17-20H2/t27-/m0/s1. The number of hydrogen-bond donors (Lipinski definition) is 1. The summed E-state index contributed by atoms with van der Waals surface area (Å²) in [5.74, 6) is 1.25. The number of ether oxygens (including phenoxy) is 2. The van der Waals surface area contributed by atoms with Crippen LogP contribution in [0.25, 0.3) is 16.8 Å². The number of fused-ring (bicyclic) bond motifs is 1. The lowest BCUT2D eigenvalue weighted by molar-refractivity contribution is -0.115. The van der Waals surface area contributed by atoms with Crippen molar-refractivity contribution < 1.29 is 19.4 Å².